The van der Waals surface area contributed by atoms with E-state index in [2.05, 4.69) is 55.4 Å². The molecule has 0 aromatic rings. The van der Waals surface area contributed by atoms with Crippen LogP contribution in [0.1, 0.15) is 376 Å². The van der Waals surface area contributed by atoms with Crippen LogP contribution in [-0.2, 0) is 65.4 Å². The quantitative estimate of drug-likeness (QED) is 0.0222. The van der Waals surface area contributed by atoms with Crippen LogP contribution in [0.2, 0.25) is 0 Å². The van der Waals surface area contributed by atoms with Crippen LogP contribution in [0.5, 0.6) is 0 Å². The maximum absolute atomic E-state index is 13.1. The van der Waals surface area contributed by atoms with Crippen LogP contribution in [0, 0.1) is 23.7 Å². The molecular weight excluding hydrogens is 1230 g/mol. The van der Waals surface area contributed by atoms with Gasteiger partial charge in [-0.2, -0.15) is 0 Å². The molecule has 0 amide bonds. The molecule has 6 atom stereocenters. The van der Waals surface area contributed by atoms with E-state index in [9.17, 15) is 43.2 Å². The smallest absolute Gasteiger partial charge is 0.462 e. The lowest BCUT2D eigenvalue weighted by atomic mass is 10.00. The summed E-state index contributed by atoms with van der Waals surface area (Å²) in [5.41, 5.74) is 0. The molecule has 19 heteroatoms. The van der Waals surface area contributed by atoms with Gasteiger partial charge >= 0.3 is 39.5 Å². The number of aliphatic hydroxyl groups is 1. The molecule has 558 valence electrons. The van der Waals surface area contributed by atoms with Crippen LogP contribution in [0.3, 0.4) is 0 Å². The van der Waals surface area contributed by atoms with Gasteiger partial charge < -0.3 is 33.8 Å². The minimum absolute atomic E-state index is 0.102. The van der Waals surface area contributed by atoms with Crippen molar-refractivity contribution < 1.29 is 80.2 Å². The van der Waals surface area contributed by atoms with E-state index in [0.29, 0.717) is 31.6 Å². The molecule has 3 N–H and O–H groups in total. The highest BCUT2D eigenvalue weighted by Crippen LogP contribution is 2.45. The molecule has 0 radical (unpaired) electrons. The van der Waals surface area contributed by atoms with Gasteiger partial charge in [-0.3, -0.25) is 37.3 Å². The number of carbonyl (C=O) groups excluding carboxylic acids is 4. The number of carbonyl (C=O) groups is 4. The average molecular weight is 1380 g/mol. The van der Waals surface area contributed by atoms with Crippen LogP contribution in [-0.4, -0.2) is 96.7 Å². The SMILES string of the molecule is CCC(C)CCCCCCCCC(=O)OC[C@H](COP(=O)(O)OC[C@H](O)COP(=O)(O)OC[C@@H](COC(=O)CCCCCCCCCCCCCCCCCCCCC(C)C)OC(=O)CCCCCCCCCCCCC(C)C)OC(=O)CCCCCCCCCC(C)C. The predicted octanol–water partition coefficient (Wildman–Crippen LogP) is 21.7. The summed E-state index contributed by atoms with van der Waals surface area (Å²) in [6, 6.07) is 0. The summed E-state index contributed by atoms with van der Waals surface area (Å²) in [4.78, 5) is 72.7. The second-order valence-electron chi connectivity index (χ2n) is 28.7. The van der Waals surface area contributed by atoms with Gasteiger partial charge in [0.15, 0.2) is 12.2 Å². The molecule has 17 nitrogen and oxygen atoms in total. The second kappa shape index (κ2) is 64.4. The van der Waals surface area contributed by atoms with Crippen LogP contribution in [0.25, 0.3) is 0 Å². The minimum atomic E-state index is -4.96. The molecule has 0 rings (SSSR count). The number of hydrogen-bond acceptors (Lipinski definition) is 15. The Labute approximate surface area is 575 Å². The molecule has 94 heavy (non-hydrogen) atoms. The largest absolute Gasteiger partial charge is 0.472 e. The lowest BCUT2D eigenvalue weighted by Gasteiger charge is -2.21. The molecule has 0 aliphatic rings. The Morgan fingerprint density at radius 1 is 0.298 bits per heavy atom. The van der Waals surface area contributed by atoms with Gasteiger partial charge in [-0.1, -0.05) is 325 Å². The van der Waals surface area contributed by atoms with Gasteiger partial charge in [0.2, 0.25) is 0 Å². The number of phosphoric acid groups is 2. The van der Waals surface area contributed by atoms with Crippen molar-refractivity contribution in [1.29, 1.82) is 0 Å². The second-order valence-corrected chi connectivity index (χ2v) is 31.6. The highest BCUT2D eigenvalue weighted by atomic mass is 31.2. The Bertz CT molecular complexity index is 1850. The van der Waals surface area contributed by atoms with Gasteiger partial charge in [-0.25, -0.2) is 9.13 Å². The van der Waals surface area contributed by atoms with Crippen molar-refractivity contribution >= 4 is 39.5 Å². The number of rotatable bonds is 72. The zero-order valence-corrected chi connectivity index (χ0v) is 63.4. The van der Waals surface area contributed by atoms with Gasteiger partial charge in [-0.15, -0.1) is 0 Å². The van der Waals surface area contributed by atoms with E-state index >= 15 is 0 Å². The number of hydrogen-bond donors (Lipinski definition) is 3. The lowest BCUT2D eigenvalue weighted by Crippen LogP contribution is -2.30. The van der Waals surface area contributed by atoms with E-state index in [4.69, 9.17) is 37.0 Å². The predicted molar refractivity (Wildman–Crippen MR) is 381 cm³/mol. The Hall–Kier alpha value is -1.94. The molecular formula is C75H146O17P2. The first-order valence-corrected chi connectivity index (χ1v) is 41.7. The topological polar surface area (TPSA) is 237 Å². The third-order valence-corrected chi connectivity index (χ3v) is 19.6. The molecule has 0 saturated heterocycles. The van der Waals surface area contributed by atoms with Crippen molar-refractivity contribution in [1.82, 2.24) is 0 Å². The molecule has 0 bridgehead atoms. The summed E-state index contributed by atoms with van der Waals surface area (Å²) in [7, 11) is -9.91. The molecule has 0 aliphatic carbocycles. The van der Waals surface area contributed by atoms with Crippen molar-refractivity contribution in [2.24, 2.45) is 23.7 Å². The van der Waals surface area contributed by atoms with Gasteiger partial charge in [-0.05, 0) is 49.4 Å². The van der Waals surface area contributed by atoms with Gasteiger partial charge in [0.25, 0.3) is 0 Å². The Morgan fingerprint density at radius 3 is 0.755 bits per heavy atom. The summed E-state index contributed by atoms with van der Waals surface area (Å²) >= 11 is 0. The van der Waals surface area contributed by atoms with Crippen molar-refractivity contribution in [2.45, 2.75) is 395 Å². The summed E-state index contributed by atoms with van der Waals surface area (Å²) in [5, 5.41) is 10.6. The first-order valence-electron chi connectivity index (χ1n) is 38.7. The molecule has 3 unspecified atom stereocenters. The fourth-order valence-electron chi connectivity index (χ4n) is 11.3. The van der Waals surface area contributed by atoms with Crippen molar-refractivity contribution in [2.75, 3.05) is 39.6 Å². The third-order valence-electron chi connectivity index (χ3n) is 17.7. The van der Waals surface area contributed by atoms with Crippen molar-refractivity contribution in [3.05, 3.63) is 0 Å². The standard InChI is InChI=1S/C75H146O17P2/c1-9-68(8)54-46-38-33-34-40-48-56-73(78)86-62-71(92-75(80)58-50-42-32-26-29-37-45-53-67(6)7)64-90-94(83,84)88-60-69(76)59-87-93(81,82)89-63-70(91-74(79)57-49-41-31-25-21-20-23-28-36-44-52-66(4)5)61-85-72(77)55-47-39-30-24-19-17-15-13-11-10-12-14-16-18-22-27-35-43-51-65(2)3/h65-71,76H,9-64H2,1-8H3,(H,81,82)(H,83,84)/t68?,69-,70-,71-/m1/s1. The van der Waals surface area contributed by atoms with Crippen molar-refractivity contribution in [3.8, 4) is 0 Å². The number of unbranched alkanes of at least 4 members (excludes halogenated alkanes) is 37. The van der Waals surface area contributed by atoms with Crippen LogP contribution >= 0.6 is 15.6 Å². The van der Waals surface area contributed by atoms with Crippen LogP contribution in [0.15, 0.2) is 0 Å². The fraction of sp³-hybridized carbons (Fsp3) is 0.947. The van der Waals surface area contributed by atoms with Crippen molar-refractivity contribution in [3.63, 3.8) is 0 Å². The van der Waals surface area contributed by atoms with Crippen LogP contribution in [0.4, 0.5) is 0 Å². The van der Waals surface area contributed by atoms with E-state index in [-0.39, 0.29) is 25.7 Å². The lowest BCUT2D eigenvalue weighted by molar-refractivity contribution is -0.161. The summed E-state index contributed by atoms with van der Waals surface area (Å²) in [6.07, 6.45) is 48.9. The number of esters is 4. The van der Waals surface area contributed by atoms with Gasteiger partial charge in [0.1, 0.15) is 19.3 Å². The zero-order chi connectivity index (χ0) is 69.6. The van der Waals surface area contributed by atoms with Gasteiger partial charge in [0, 0.05) is 25.7 Å². The Morgan fingerprint density at radius 2 is 0.511 bits per heavy atom. The molecule has 0 spiro atoms. The molecule has 0 heterocycles. The van der Waals surface area contributed by atoms with E-state index in [1.807, 2.05) is 0 Å². The molecule has 0 aliphatic heterocycles. The third kappa shape index (κ3) is 67.3. The van der Waals surface area contributed by atoms with E-state index in [1.165, 1.54) is 173 Å². The summed E-state index contributed by atoms with van der Waals surface area (Å²) < 4.78 is 68.4. The maximum atomic E-state index is 13.1. The Balaban J connectivity index is 5.17. The van der Waals surface area contributed by atoms with Gasteiger partial charge in [0.05, 0.1) is 26.4 Å². The number of aliphatic hydroxyl groups excluding tert-OH is 1. The molecule has 0 aromatic heterocycles. The highest BCUT2D eigenvalue weighted by Gasteiger charge is 2.30. The monoisotopic (exact) mass is 1380 g/mol. The normalized spacial score (nSPS) is 14.4. The zero-order valence-electron chi connectivity index (χ0n) is 61.6. The molecule has 0 aromatic carbocycles. The summed E-state index contributed by atoms with van der Waals surface area (Å²) in [6.45, 7) is 14.1. The molecule has 0 saturated carbocycles. The summed E-state index contributed by atoms with van der Waals surface area (Å²) in [5.74, 6) is 0.875. The highest BCUT2D eigenvalue weighted by molar-refractivity contribution is 7.47. The first kappa shape index (κ1) is 92.1. The van der Waals surface area contributed by atoms with E-state index < -0.39 is 97.5 Å². The average Bonchev–Trinajstić information content (AvgIpc) is 1.87. The minimum Gasteiger partial charge on any atom is -0.462 e. The van der Waals surface area contributed by atoms with E-state index in [1.54, 1.807) is 0 Å². The first-order chi connectivity index (χ1) is 45.1. The Kier molecular flexibility index (Phi) is 63.1. The van der Waals surface area contributed by atoms with Crippen LogP contribution < -0.4 is 0 Å². The number of ether oxygens (including phenoxy) is 4. The number of phosphoric ester groups is 2. The maximum Gasteiger partial charge on any atom is 0.472 e. The fourth-order valence-corrected chi connectivity index (χ4v) is 12.9. The molecule has 0 fully saturated rings. The van der Waals surface area contributed by atoms with E-state index in [0.717, 1.165) is 114 Å².